The van der Waals surface area contributed by atoms with Crippen molar-refractivity contribution in [1.29, 1.82) is 0 Å². The quantitative estimate of drug-likeness (QED) is 0.904. The Morgan fingerprint density at radius 1 is 1.56 bits per heavy atom. The zero-order chi connectivity index (χ0) is 11.7. The van der Waals surface area contributed by atoms with Gasteiger partial charge in [0, 0.05) is 18.1 Å². The highest BCUT2D eigenvalue weighted by Gasteiger charge is 2.29. The van der Waals surface area contributed by atoms with E-state index in [2.05, 4.69) is 21.2 Å². The van der Waals surface area contributed by atoms with Crippen LogP contribution in [0.15, 0.2) is 22.7 Å². The Labute approximate surface area is 102 Å². The molecule has 0 spiro atoms. The van der Waals surface area contributed by atoms with E-state index in [1.54, 1.807) is 18.0 Å². The number of anilines is 1. The van der Waals surface area contributed by atoms with Gasteiger partial charge >= 0.3 is 0 Å². The number of likely N-dealkylation sites (tertiary alicyclic amines) is 1. The number of carbonyl (C=O) groups is 1. The van der Waals surface area contributed by atoms with Crippen LogP contribution in [0.4, 0.5) is 10.1 Å². The summed E-state index contributed by atoms with van der Waals surface area (Å²) in [5.41, 5.74) is 0.619. The van der Waals surface area contributed by atoms with Crippen LogP contribution in [0.3, 0.4) is 0 Å². The fraction of sp³-hybridized carbons (Fsp3) is 0.364. The highest BCUT2D eigenvalue weighted by Crippen LogP contribution is 2.25. The summed E-state index contributed by atoms with van der Waals surface area (Å²) in [5, 5.41) is 3.05. The van der Waals surface area contributed by atoms with Crippen molar-refractivity contribution >= 4 is 27.5 Å². The van der Waals surface area contributed by atoms with Crippen LogP contribution < -0.4 is 5.32 Å². The van der Waals surface area contributed by atoms with E-state index in [4.69, 9.17) is 0 Å². The van der Waals surface area contributed by atoms with Gasteiger partial charge in [0.1, 0.15) is 11.9 Å². The van der Waals surface area contributed by atoms with E-state index < -0.39 is 0 Å². The van der Waals surface area contributed by atoms with Crippen molar-refractivity contribution in [3.8, 4) is 0 Å². The molecule has 86 valence electrons. The number of rotatable bonds is 2. The van der Waals surface area contributed by atoms with E-state index in [0.717, 1.165) is 17.4 Å². The van der Waals surface area contributed by atoms with Gasteiger partial charge in [0.2, 0.25) is 5.91 Å². The summed E-state index contributed by atoms with van der Waals surface area (Å²) in [6.45, 7) is 0.740. The van der Waals surface area contributed by atoms with Gasteiger partial charge in [0.25, 0.3) is 0 Å². The fourth-order valence-electron chi connectivity index (χ4n) is 1.75. The van der Waals surface area contributed by atoms with Crippen LogP contribution in [0.2, 0.25) is 0 Å². The molecule has 1 amide bonds. The summed E-state index contributed by atoms with van der Waals surface area (Å²) in [5.74, 6) is -0.263. The predicted octanol–water partition coefficient (Wildman–Crippen LogP) is 2.23. The van der Waals surface area contributed by atoms with E-state index in [9.17, 15) is 9.18 Å². The first-order chi connectivity index (χ1) is 7.58. The highest BCUT2D eigenvalue weighted by atomic mass is 79.9. The van der Waals surface area contributed by atoms with E-state index in [-0.39, 0.29) is 17.8 Å². The molecule has 16 heavy (non-hydrogen) atoms. The van der Waals surface area contributed by atoms with Gasteiger partial charge < -0.3 is 10.2 Å². The van der Waals surface area contributed by atoms with Crippen molar-refractivity contribution < 1.29 is 9.18 Å². The molecule has 1 aliphatic heterocycles. The lowest BCUT2D eigenvalue weighted by Gasteiger charge is -2.14. The number of carbonyl (C=O) groups excluding carboxylic acids is 1. The molecule has 1 aliphatic rings. The maximum absolute atomic E-state index is 13.0. The molecule has 1 aromatic rings. The van der Waals surface area contributed by atoms with Crippen LogP contribution in [0.25, 0.3) is 0 Å². The molecule has 0 saturated carbocycles. The van der Waals surface area contributed by atoms with E-state index in [1.165, 1.54) is 12.1 Å². The second-order valence-electron chi connectivity index (χ2n) is 3.87. The molecule has 0 aromatic heterocycles. The first-order valence-electron chi connectivity index (χ1n) is 5.04. The van der Waals surface area contributed by atoms with E-state index >= 15 is 0 Å². The number of halogens is 2. The number of likely N-dealkylation sites (N-methyl/N-ethyl adjacent to an activating group) is 1. The van der Waals surface area contributed by atoms with E-state index in [0.29, 0.717) is 5.69 Å². The van der Waals surface area contributed by atoms with Crippen molar-refractivity contribution in [2.75, 3.05) is 18.9 Å². The summed E-state index contributed by atoms with van der Waals surface area (Å²) in [7, 11) is 1.77. The van der Waals surface area contributed by atoms with Crippen molar-refractivity contribution in [3.05, 3.63) is 28.5 Å². The topological polar surface area (TPSA) is 32.3 Å². The van der Waals surface area contributed by atoms with E-state index in [1.807, 2.05) is 0 Å². The number of nitrogens with zero attached hydrogens (tertiary/aromatic N) is 1. The summed E-state index contributed by atoms with van der Waals surface area (Å²) in [4.78, 5) is 13.3. The molecule has 5 heteroatoms. The van der Waals surface area contributed by atoms with Crippen molar-refractivity contribution in [2.24, 2.45) is 0 Å². The Bertz CT molecular complexity index is 424. The molecule has 2 rings (SSSR count). The van der Waals surface area contributed by atoms with Gasteiger partial charge in [-0.05, 0) is 40.5 Å². The summed E-state index contributed by atoms with van der Waals surface area (Å²) < 4.78 is 13.8. The summed E-state index contributed by atoms with van der Waals surface area (Å²) in [6, 6.07) is 4.14. The molecular weight excluding hydrogens is 275 g/mol. The lowest BCUT2D eigenvalue weighted by molar-refractivity contribution is -0.127. The second-order valence-corrected chi connectivity index (χ2v) is 4.72. The summed E-state index contributed by atoms with van der Waals surface area (Å²) in [6.07, 6.45) is 0.748. The smallest absolute Gasteiger partial charge is 0.244 e. The Morgan fingerprint density at radius 3 is 2.94 bits per heavy atom. The normalized spacial score (nSPS) is 20.3. The molecule has 1 fully saturated rings. The maximum Gasteiger partial charge on any atom is 0.244 e. The lowest BCUT2D eigenvalue weighted by Crippen LogP contribution is -2.31. The van der Waals surface area contributed by atoms with Crippen LogP contribution in [-0.2, 0) is 4.79 Å². The number of nitrogens with one attached hydrogen (secondary N) is 1. The molecule has 1 aromatic carbocycles. The van der Waals surface area contributed by atoms with Crippen molar-refractivity contribution in [2.45, 2.75) is 12.5 Å². The number of benzene rings is 1. The number of hydrogen-bond donors (Lipinski definition) is 1. The highest BCUT2D eigenvalue weighted by molar-refractivity contribution is 9.10. The Kier molecular flexibility index (Phi) is 3.14. The third-order valence-electron chi connectivity index (χ3n) is 2.69. The maximum atomic E-state index is 13.0. The molecule has 1 atom stereocenters. The van der Waals surface area contributed by atoms with Crippen molar-refractivity contribution in [1.82, 2.24) is 4.90 Å². The average molecular weight is 287 g/mol. The number of hydrogen-bond acceptors (Lipinski definition) is 2. The van der Waals surface area contributed by atoms with Gasteiger partial charge in [-0.2, -0.15) is 0 Å². The van der Waals surface area contributed by atoms with Crippen LogP contribution in [-0.4, -0.2) is 30.4 Å². The molecule has 1 saturated heterocycles. The van der Waals surface area contributed by atoms with Crippen LogP contribution in [0, 0.1) is 5.82 Å². The minimum absolute atomic E-state index is 0.0520. The zero-order valence-corrected chi connectivity index (χ0v) is 10.4. The third-order valence-corrected chi connectivity index (χ3v) is 3.38. The van der Waals surface area contributed by atoms with Gasteiger partial charge in [-0.15, -0.1) is 0 Å². The Hall–Kier alpha value is -1.10. The molecule has 1 N–H and O–H groups in total. The molecular formula is C11H12BrFN2O. The molecule has 0 radical (unpaired) electrons. The Morgan fingerprint density at radius 2 is 2.31 bits per heavy atom. The van der Waals surface area contributed by atoms with Gasteiger partial charge in [0.05, 0.1) is 5.69 Å². The average Bonchev–Trinajstić information content (AvgIpc) is 2.55. The first-order valence-corrected chi connectivity index (χ1v) is 5.84. The van der Waals surface area contributed by atoms with Gasteiger partial charge in [-0.1, -0.05) is 0 Å². The van der Waals surface area contributed by atoms with Crippen LogP contribution in [0.5, 0.6) is 0 Å². The number of amides is 1. The van der Waals surface area contributed by atoms with Crippen molar-refractivity contribution in [3.63, 3.8) is 0 Å². The minimum atomic E-state index is -0.315. The SMILES string of the molecule is CN1CCC(Nc2cc(F)ccc2Br)C1=O. The van der Waals surface area contributed by atoms with Crippen LogP contribution in [0.1, 0.15) is 6.42 Å². The molecule has 0 aliphatic carbocycles. The third kappa shape index (κ3) is 2.19. The monoisotopic (exact) mass is 286 g/mol. The largest absolute Gasteiger partial charge is 0.373 e. The minimum Gasteiger partial charge on any atom is -0.373 e. The zero-order valence-electron chi connectivity index (χ0n) is 8.84. The first kappa shape index (κ1) is 11.4. The van der Waals surface area contributed by atoms with Crippen LogP contribution >= 0.6 is 15.9 Å². The molecule has 1 heterocycles. The fourth-order valence-corrected chi connectivity index (χ4v) is 2.11. The summed E-state index contributed by atoms with van der Waals surface area (Å²) >= 11 is 3.32. The van der Waals surface area contributed by atoms with Gasteiger partial charge in [-0.3, -0.25) is 4.79 Å². The molecule has 1 unspecified atom stereocenters. The standard InChI is InChI=1S/C11H12BrFN2O/c1-15-5-4-9(11(15)16)14-10-6-7(13)2-3-8(10)12/h2-3,6,9,14H,4-5H2,1H3. The molecule has 0 bridgehead atoms. The molecule has 3 nitrogen and oxygen atoms in total. The predicted molar refractivity (Wildman–Crippen MR) is 63.8 cm³/mol. The lowest BCUT2D eigenvalue weighted by atomic mass is 10.2. The van der Waals surface area contributed by atoms with Gasteiger partial charge in [0.15, 0.2) is 0 Å². The van der Waals surface area contributed by atoms with Gasteiger partial charge in [-0.25, -0.2) is 4.39 Å². The second kappa shape index (κ2) is 4.41. The Balaban J connectivity index is 2.15.